The van der Waals surface area contributed by atoms with Crippen LogP contribution in [-0.2, 0) is 14.3 Å². The number of hydrogen-bond acceptors (Lipinski definition) is 9. The number of benzene rings is 3. The summed E-state index contributed by atoms with van der Waals surface area (Å²) in [5, 5.41) is 16.2. The number of hydrogen-bond donors (Lipinski definition) is 0. The molecule has 0 aromatic heterocycles. The molecule has 0 amide bonds. The van der Waals surface area contributed by atoms with Gasteiger partial charge in [-0.05, 0) is 74.0 Å². The second-order valence-electron chi connectivity index (χ2n) is 9.39. The number of carbonyl (C=O) groups is 2. The molecule has 0 heterocycles. The lowest BCUT2D eigenvalue weighted by atomic mass is 10.2. The van der Waals surface area contributed by atoms with Crippen molar-refractivity contribution in [3.8, 4) is 5.75 Å². The topological polar surface area (TPSA) is 111 Å². The summed E-state index contributed by atoms with van der Waals surface area (Å²) in [5.41, 5.74) is 2.10. The third-order valence-electron chi connectivity index (χ3n) is 5.84. The van der Waals surface area contributed by atoms with Crippen molar-refractivity contribution in [1.82, 2.24) is 0 Å². The van der Waals surface area contributed by atoms with Crippen molar-refractivity contribution >= 4 is 34.7 Å². The zero-order valence-corrected chi connectivity index (χ0v) is 23.9. The molecule has 3 rings (SSSR count). The minimum Gasteiger partial charge on any atom is -0.490 e. The zero-order valence-electron chi connectivity index (χ0n) is 23.9. The quantitative estimate of drug-likeness (QED) is 0.0732. The Morgan fingerprint density at radius 1 is 0.738 bits per heavy atom. The van der Waals surface area contributed by atoms with Crippen molar-refractivity contribution in [3.05, 3.63) is 90.3 Å². The number of nitrogens with zero attached hydrogens (tertiary/aromatic N) is 4. The summed E-state index contributed by atoms with van der Waals surface area (Å²) in [6.45, 7) is 7.95. The van der Waals surface area contributed by atoms with Crippen LogP contribution >= 0.6 is 0 Å². The molecule has 0 radical (unpaired) electrons. The summed E-state index contributed by atoms with van der Waals surface area (Å²) in [5.74, 6) is -0.877. The van der Waals surface area contributed by atoms with Crippen LogP contribution in [0.4, 0.5) is 27.1 Å². The van der Waals surface area contributed by atoms with E-state index in [2.05, 4.69) is 34.0 Å². The van der Waals surface area contributed by atoms with E-state index < -0.39 is 11.8 Å². The molecule has 10 heteroatoms. The second-order valence-corrected chi connectivity index (χ2v) is 9.39. The van der Waals surface area contributed by atoms with E-state index in [0.29, 0.717) is 40.6 Å². The highest BCUT2D eigenvalue weighted by molar-refractivity contribution is 5.89. The lowest BCUT2D eigenvalue weighted by Gasteiger charge is -2.07. The molecular formula is C32H35FN4O5. The molecule has 0 bridgehead atoms. The fourth-order valence-corrected chi connectivity index (χ4v) is 3.51. The zero-order chi connectivity index (χ0) is 30.2. The van der Waals surface area contributed by atoms with Gasteiger partial charge in [-0.1, -0.05) is 39.2 Å². The Morgan fingerprint density at radius 2 is 1.36 bits per heavy atom. The van der Waals surface area contributed by atoms with Crippen LogP contribution in [-0.4, -0.2) is 31.8 Å². The maximum Gasteiger partial charge on any atom is 0.338 e. The van der Waals surface area contributed by atoms with E-state index in [1.165, 1.54) is 25.0 Å². The third-order valence-corrected chi connectivity index (χ3v) is 5.84. The van der Waals surface area contributed by atoms with Crippen molar-refractivity contribution in [2.75, 3.05) is 19.8 Å². The molecule has 0 unspecified atom stereocenters. The van der Waals surface area contributed by atoms with Crippen LogP contribution in [0.5, 0.6) is 5.75 Å². The number of unbranched alkanes of at least 4 members (excludes halogenated alkanes) is 4. The lowest BCUT2D eigenvalue weighted by Crippen LogP contribution is -2.12. The maximum atomic E-state index is 14.6. The van der Waals surface area contributed by atoms with Gasteiger partial charge in [0.05, 0.1) is 29.2 Å². The van der Waals surface area contributed by atoms with Crippen LogP contribution in [0.1, 0.15) is 56.3 Å². The maximum absolute atomic E-state index is 14.6. The first-order valence-corrected chi connectivity index (χ1v) is 13.8. The highest BCUT2D eigenvalue weighted by Gasteiger charge is 2.08. The smallest absolute Gasteiger partial charge is 0.338 e. The van der Waals surface area contributed by atoms with Gasteiger partial charge in [0.15, 0.2) is 5.82 Å². The summed E-state index contributed by atoms with van der Waals surface area (Å²) in [6.07, 6.45) is 5.40. The molecule has 9 nitrogen and oxygen atoms in total. The fraction of sp³-hybridized carbons (Fsp3) is 0.312. The largest absolute Gasteiger partial charge is 0.490 e. The van der Waals surface area contributed by atoms with E-state index in [0.717, 1.165) is 19.3 Å². The first-order valence-electron chi connectivity index (χ1n) is 13.8. The summed E-state index contributed by atoms with van der Waals surface area (Å²) >= 11 is 0. The van der Waals surface area contributed by atoms with Crippen LogP contribution in [0.25, 0.3) is 0 Å². The van der Waals surface area contributed by atoms with Crippen molar-refractivity contribution in [2.45, 2.75) is 46.0 Å². The number of ether oxygens (including phenoxy) is 3. The monoisotopic (exact) mass is 574 g/mol. The SMILES string of the molecule is C=C(C)C(=O)OCCOc1ccc(N=Nc2ccc(N=Nc3ccc(C(=O)OCCCCCCC)cc3)c(F)c2)cc1. The Morgan fingerprint density at radius 3 is 2.02 bits per heavy atom. The Kier molecular flexibility index (Phi) is 13.0. The van der Waals surface area contributed by atoms with E-state index in [-0.39, 0.29) is 24.9 Å². The van der Waals surface area contributed by atoms with Crippen molar-refractivity contribution < 1.29 is 28.2 Å². The van der Waals surface area contributed by atoms with Crippen LogP contribution < -0.4 is 4.74 Å². The summed E-state index contributed by atoms with van der Waals surface area (Å²) in [6, 6.07) is 17.5. The molecular weight excluding hydrogens is 539 g/mol. The number of esters is 2. The second kappa shape index (κ2) is 17.2. The van der Waals surface area contributed by atoms with Gasteiger partial charge in [-0.25, -0.2) is 14.0 Å². The van der Waals surface area contributed by atoms with E-state index in [9.17, 15) is 14.0 Å². The first-order chi connectivity index (χ1) is 20.4. The van der Waals surface area contributed by atoms with E-state index in [4.69, 9.17) is 14.2 Å². The van der Waals surface area contributed by atoms with Gasteiger partial charge in [0.1, 0.15) is 24.7 Å². The van der Waals surface area contributed by atoms with E-state index in [1.807, 2.05) is 0 Å². The molecule has 220 valence electrons. The molecule has 0 spiro atoms. The molecule has 42 heavy (non-hydrogen) atoms. The van der Waals surface area contributed by atoms with Gasteiger partial charge in [-0.3, -0.25) is 0 Å². The van der Waals surface area contributed by atoms with Gasteiger partial charge in [0, 0.05) is 11.6 Å². The molecule has 3 aromatic carbocycles. The average Bonchev–Trinajstić information content (AvgIpc) is 3.00. The number of halogens is 1. The predicted molar refractivity (Wildman–Crippen MR) is 158 cm³/mol. The minimum atomic E-state index is -0.606. The molecule has 0 N–H and O–H groups in total. The Hall–Kier alpha value is -4.73. The summed E-state index contributed by atoms with van der Waals surface area (Å²) in [7, 11) is 0. The summed E-state index contributed by atoms with van der Waals surface area (Å²) < 4.78 is 30.4. The van der Waals surface area contributed by atoms with Crippen LogP contribution in [0.15, 0.2) is 99.3 Å². The number of rotatable bonds is 16. The van der Waals surface area contributed by atoms with Gasteiger partial charge in [0.25, 0.3) is 0 Å². The third kappa shape index (κ3) is 11.0. The molecule has 0 aliphatic heterocycles. The Balaban J connectivity index is 1.47. The van der Waals surface area contributed by atoms with Crippen molar-refractivity contribution in [2.24, 2.45) is 20.5 Å². The van der Waals surface area contributed by atoms with Crippen LogP contribution in [0.2, 0.25) is 0 Å². The van der Waals surface area contributed by atoms with E-state index >= 15 is 0 Å². The van der Waals surface area contributed by atoms with E-state index in [1.54, 1.807) is 61.5 Å². The predicted octanol–water partition coefficient (Wildman–Crippen LogP) is 9.28. The van der Waals surface area contributed by atoms with Crippen molar-refractivity contribution in [1.29, 1.82) is 0 Å². The highest BCUT2D eigenvalue weighted by Crippen LogP contribution is 2.27. The summed E-state index contributed by atoms with van der Waals surface area (Å²) in [4.78, 5) is 23.5. The van der Waals surface area contributed by atoms with Gasteiger partial charge >= 0.3 is 11.9 Å². The fourth-order valence-electron chi connectivity index (χ4n) is 3.51. The van der Waals surface area contributed by atoms with Gasteiger partial charge in [-0.2, -0.15) is 15.3 Å². The Bertz CT molecular complexity index is 1390. The molecule has 0 saturated heterocycles. The molecule has 3 aromatic rings. The Labute approximate surface area is 245 Å². The molecule has 0 aliphatic carbocycles. The van der Waals surface area contributed by atoms with Gasteiger partial charge in [0.2, 0.25) is 0 Å². The van der Waals surface area contributed by atoms with Crippen LogP contribution in [0, 0.1) is 5.82 Å². The highest BCUT2D eigenvalue weighted by atomic mass is 19.1. The molecule has 0 fully saturated rings. The first kappa shape index (κ1) is 31.8. The molecule has 0 aliphatic rings. The molecule has 0 atom stereocenters. The van der Waals surface area contributed by atoms with Crippen LogP contribution in [0.3, 0.4) is 0 Å². The number of carbonyl (C=O) groups excluding carboxylic acids is 2. The standard InChI is InChI=1S/C32H35FN4O5/c1-4-5-6-7-8-19-41-32(39)24-9-11-25(12-10-24)35-37-30-18-15-27(22-29(30)33)36-34-26-13-16-28(17-14-26)40-20-21-42-31(38)23(2)3/h9-18,22H,2,4-8,19-21H2,1,3H3. The van der Waals surface area contributed by atoms with Gasteiger partial charge in [-0.15, -0.1) is 5.11 Å². The lowest BCUT2D eigenvalue weighted by molar-refractivity contribution is -0.139. The minimum absolute atomic E-state index is 0.0379. The normalized spacial score (nSPS) is 11.1. The van der Waals surface area contributed by atoms with Gasteiger partial charge < -0.3 is 14.2 Å². The number of azo groups is 2. The average molecular weight is 575 g/mol. The molecule has 0 saturated carbocycles. The van der Waals surface area contributed by atoms with Crippen molar-refractivity contribution in [3.63, 3.8) is 0 Å².